The van der Waals surface area contributed by atoms with Crippen molar-refractivity contribution < 1.29 is 38.5 Å². The van der Waals surface area contributed by atoms with Crippen LogP contribution in [-0.4, -0.2) is 19.6 Å². The third-order valence-corrected chi connectivity index (χ3v) is 10.6. The number of fused-ring (bicyclic) bond motifs is 1. The average molecular weight is 963 g/mol. The first-order valence-corrected chi connectivity index (χ1v) is 19.6. The number of benzene rings is 6. The van der Waals surface area contributed by atoms with E-state index in [1.54, 1.807) is 36.5 Å². The van der Waals surface area contributed by atoms with Gasteiger partial charge in [0.15, 0.2) is 0 Å². The first-order chi connectivity index (χ1) is 31.5. The van der Waals surface area contributed by atoms with Crippen molar-refractivity contribution in [3.05, 3.63) is 168 Å². The number of para-hydroxylation sites is 2. The molecule has 8 rings (SSSR count). The number of aromatic hydroxyl groups is 1. The van der Waals surface area contributed by atoms with Gasteiger partial charge in [-0.25, -0.2) is 4.98 Å². The fraction of sp³-hybridized carbons (Fsp3) is 0.222. The number of hydrogen-bond donors (Lipinski definition) is 1. The van der Waals surface area contributed by atoms with Gasteiger partial charge >= 0.3 is 0 Å². The molecule has 0 aliphatic rings. The molecular weight excluding hydrogens is 902 g/mol. The maximum absolute atomic E-state index is 11.3. The topological polar surface area (TPSA) is 50.9 Å². The molecule has 2 heterocycles. The smallest absolute Gasteiger partial charge is 0.148 e. The molecule has 0 atom stereocenters. The van der Waals surface area contributed by atoms with Crippen LogP contribution in [0, 0.1) is 12.0 Å². The minimum absolute atomic E-state index is 0. The Kier molecular flexibility index (Phi) is 8.82. The molecule has 0 aliphatic carbocycles. The van der Waals surface area contributed by atoms with Gasteiger partial charge in [0.1, 0.15) is 11.6 Å². The van der Waals surface area contributed by atoms with Crippen molar-refractivity contribution in [3.63, 3.8) is 0 Å². The van der Waals surface area contributed by atoms with E-state index in [4.69, 9.17) is 22.3 Å². The number of imidazole rings is 1. The Labute approximate surface area is 377 Å². The standard InChI is InChI=1S/C54H52N3O.Pt/c1-35(2)29-39-33-44(25-26-45(39)37-15-10-9-11-16-37)57-49-19-14-18-46(51(49)56-52(57)47-17-12-13-20-50(47)58)40-30-41(32-43(31-40)54(6,7)8)48-34-38(27-28-55-48)36-21-23-42(24-22-36)53(3,4)5;/h9-28,31-35,58H,29H2,1-8H3;/q-1;/i3D3,4D3,5D3;. The molecule has 0 fully saturated rings. The van der Waals surface area contributed by atoms with Crippen LogP contribution in [-0.2, 0) is 38.3 Å². The van der Waals surface area contributed by atoms with Crippen LogP contribution in [0.15, 0.2) is 146 Å². The number of phenolic OH excluding ortho intramolecular Hbond substituents is 1. The van der Waals surface area contributed by atoms with Gasteiger partial charge in [0, 0.05) is 51.0 Å². The van der Waals surface area contributed by atoms with Gasteiger partial charge < -0.3 is 5.11 Å². The van der Waals surface area contributed by atoms with Gasteiger partial charge in [0.05, 0.1) is 16.6 Å². The maximum atomic E-state index is 11.3. The van der Waals surface area contributed by atoms with Crippen LogP contribution < -0.4 is 0 Å². The molecule has 0 unspecified atom stereocenters. The number of phenols is 1. The van der Waals surface area contributed by atoms with Crippen molar-refractivity contribution in [2.24, 2.45) is 5.92 Å². The van der Waals surface area contributed by atoms with Crippen molar-refractivity contribution in [2.75, 3.05) is 0 Å². The number of nitrogens with zero attached hydrogens (tertiary/aromatic N) is 3. The maximum Gasteiger partial charge on any atom is 0.148 e. The first-order valence-electron chi connectivity index (χ1n) is 24.1. The Morgan fingerprint density at radius 3 is 2.08 bits per heavy atom. The van der Waals surface area contributed by atoms with Crippen LogP contribution in [0.3, 0.4) is 0 Å². The summed E-state index contributed by atoms with van der Waals surface area (Å²) in [5.41, 5.74) is 8.11. The third kappa shape index (κ3) is 8.61. The summed E-state index contributed by atoms with van der Waals surface area (Å²) in [5.74, 6) is 1.10. The fourth-order valence-electron chi connectivity index (χ4n) is 7.60. The normalized spacial score (nSPS) is 14.8. The van der Waals surface area contributed by atoms with Gasteiger partial charge in [-0.2, -0.15) is 0 Å². The number of pyridine rings is 1. The van der Waals surface area contributed by atoms with Crippen LogP contribution in [0.5, 0.6) is 5.75 Å². The Morgan fingerprint density at radius 1 is 0.661 bits per heavy atom. The summed E-state index contributed by atoms with van der Waals surface area (Å²) in [4.78, 5) is 10.1. The molecule has 8 aromatic rings. The number of aromatic nitrogens is 3. The molecule has 2 aromatic heterocycles. The van der Waals surface area contributed by atoms with E-state index in [-0.39, 0.29) is 37.8 Å². The molecule has 0 aliphatic heterocycles. The molecule has 59 heavy (non-hydrogen) atoms. The molecule has 0 radical (unpaired) electrons. The van der Waals surface area contributed by atoms with E-state index in [9.17, 15) is 5.11 Å². The molecule has 4 nitrogen and oxygen atoms in total. The number of rotatable bonds is 8. The van der Waals surface area contributed by atoms with E-state index in [1.165, 1.54) is 23.3 Å². The fourth-order valence-corrected chi connectivity index (χ4v) is 7.60. The minimum atomic E-state index is -3.36. The second-order valence-electron chi connectivity index (χ2n) is 16.5. The van der Waals surface area contributed by atoms with Crippen molar-refractivity contribution in [1.29, 1.82) is 0 Å². The van der Waals surface area contributed by atoms with Crippen LogP contribution in [0.4, 0.5) is 0 Å². The van der Waals surface area contributed by atoms with Gasteiger partial charge in [0.2, 0.25) is 0 Å². The Hall–Kier alpha value is -5.57. The molecule has 0 saturated heterocycles. The summed E-state index contributed by atoms with van der Waals surface area (Å²) in [6.45, 7) is 0.761. The zero-order valence-corrected chi connectivity index (χ0v) is 36.0. The second kappa shape index (κ2) is 16.6. The Bertz CT molecular complexity index is 3060. The molecule has 0 saturated carbocycles. The van der Waals surface area contributed by atoms with Crippen molar-refractivity contribution >= 4 is 11.0 Å². The first kappa shape index (κ1) is 31.4. The van der Waals surface area contributed by atoms with E-state index in [1.807, 2.05) is 42.5 Å². The Balaban J connectivity index is 0.00000684. The van der Waals surface area contributed by atoms with E-state index in [2.05, 4.69) is 99.8 Å². The quantitative estimate of drug-likeness (QED) is 0.154. The van der Waals surface area contributed by atoms with Crippen molar-refractivity contribution in [3.8, 4) is 67.5 Å². The average Bonchev–Trinajstić information content (AvgIpc) is 3.65. The molecule has 1 N–H and O–H groups in total. The van der Waals surface area contributed by atoms with Crippen LogP contribution >= 0.6 is 0 Å². The summed E-state index contributed by atoms with van der Waals surface area (Å²) >= 11 is 0. The summed E-state index contributed by atoms with van der Waals surface area (Å²) in [7, 11) is 0. The third-order valence-electron chi connectivity index (χ3n) is 10.6. The predicted octanol–water partition coefficient (Wildman–Crippen LogP) is 14.1. The molecular formula is C54H52N3OPt-. The Morgan fingerprint density at radius 2 is 1.37 bits per heavy atom. The zero-order chi connectivity index (χ0) is 48.3. The van der Waals surface area contributed by atoms with Crippen molar-refractivity contribution in [1.82, 2.24) is 14.5 Å². The van der Waals surface area contributed by atoms with Crippen LogP contribution in [0.25, 0.3) is 72.7 Å². The van der Waals surface area contributed by atoms with Crippen molar-refractivity contribution in [2.45, 2.75) is 72.4 Å². The molecule has 6 aromatic carbocycles. The summed E-state index contributed by atoms with van der Waals surface area (Å²) in [6.07, 6.45) is 2.52. The van der Waals surface area contributed by atoms with E-state index < -0.39 is 26.0 Å². The molecule has 5 heteroatoms. The SMILES string of the molecule is [2H]C([2H])([2H])C(c1ccc(-c2ccnc(-c3[c-]c(-c4cccc5c4nc(-c4ccccc4O)n5-c4ccc(-c5ccccc5)c(CC(C)C)c4)cc(C(C)(C)C)c3)c2)cc1)(C([2H])([2H])[2H])C([2H])([2H])[2H].[Pt]. The zero-order valence-electron chi connectivity index (χ0n) is 42.7. The van der Waals surface area contributed by atoms with Gasteiger partial charge in [-0.1, -0.05) is 157 Å². The van der Waals surface area contributed by atoms with Gasteiger partial charge in [-0.05, 0) is 92.9 Å². The van der Waals surface area contributed by atoms with E-state index in [0.29, 0.717) is 39.7 Å². The van der Waals surface area contributed by atoms with E-state index >= 15 is 0 Å². The molecule has 0 spiro atoms. The van der Waals surface area contributed by atoms with Crippen LogP contribution in [0.1, 0.15) is 84.2 Å². The summed E-state index contributed by atoms with van der Waals surface area (Å²) in [5, 5.41) is 11.3. The monoisotopic (exact) mass is 962 g/mol. The van der Waals surface area contributed by atoms with Crippen LogP contribution in [0.2, 0.25) is 0 Å². The second-order valence-corrected chi connectivity index (χ2v) is 16.5. The summed E-state index contributed by atoms with van der Waals surface area (Å²) < 4.78 is 75.6. The van der Waals surface area contributed by atoms with Gasteiger partial charge in [-0.15, -0.1) is 29.3 Å². The predicted molar refractivity (Wildman–Crippen MR) is 242 cm³/mol. The van der Waals surface area contributed by atoms with E-state index in [0.717, 1.165) is 45.4 Å². The minimum Gasteiger partial charge on any atom is -0.507 e. The number of hydrogen-bond acceptors (Lipinski definition) is 3. The van der Waals surface area contributed by atoms with Gasteiger partial charge in [-0.3, -0.25) is 9.55 Å². The molecule has 0 amide bonds. The molecule has 0 bridgehead atoms. The van der Waals surface area contributed by atoms with Gasteiger partial charge in [0.25, 0.3) is 0 Å². The largest absolute Gasteiger partial charge is 0.507 e. The molecule has 300 valence electrons. The summed E-state index contributed by atoms with van der Waals surface area (Å²) in [6, 6.07) is 47.4.